The summed E-state index contributed by atoms with van der Waals surface area (Å²) < 4.78 is 10.6. The fourth-order valence-corrected chi connectivity index (χ4v) is 1.21. The van der Waals surface area contributed by atoms with E-state index < -0.39 is 6.29 Å². The molecule has 0 aromatic rings. The van der Waals surface area contributed by atoms with Crippen LogP contribution in [-0.2, 0) is 9.47 Å². The summed E-state index contributed by atoms with van der Waals surface area (Å²) in [6, 6.07) is 0. The quantitative estimate of drug-likeness (QED) is 0.660. The van der Waals surface area contributed by atoms with Gasteiger partial charge in [-0.05, 0) is 12.8 Å². The summed E-state index contributed by atoms with van der Waals surface area (Å²) in [7, 11) is 0. The van der Waals surface area contributed by atoms with Gasteiger partial charge in [0.15, 0.2) is 12.6 Å². The molecule has 66 valence electrons. The molecule has 11 heavy (non-hydrogen) atoms. The van der Waals surface area contributed by atoms with E-state index in [1.807, 2.05) is 6.92 Å². The van der Waals surface area contributed by atoms with Crippen LogP contribution in [0.3, 0.4) is 0 Å². The molecule has 1 fully saturated rings. The zero-order valence-corrected chi connectivity index (χ0v) is 7.12. The molecule has 0 aliphatic carbocycles. The maximum Gasteiger partial charge on any atom is 0.160 e. The van der Waals surface area contributed by atoms with Crippen LogP contribution >= 0.6 is 0 Å². The zero-order chi connectivity index (χ0) is 8.27. The molecule has 0 spiro atoms. The molecule has 3 unspecified atom stereocenters. The van der Waals surface area contributed by atoms with Crippen molar-refractivity contribution in [3.63, 3.8) is 0 Å². The zero-order valence-electron chi connectivity index (χ0n) is 7.12. The SMILES string of the molecule is CCC1CC(O)OC(CC)O1. The molecule has 1 N–H and O–H groups in total. The van der Waals surface area contributed by atoms with Gasteiger partial charge in [-0.15, -0.1) is 0 Å². The van der Waals surface area contributed by atoms with Crippen molar-refractivity contribution < 1.29 is 14.6 Å². The third-order valence-corrected chi connectivity index (χ3v) is 1.91. The van der Waals surface area contributed by atoms with Crippen LogP contribution < -0.4 is 0 Å². The van der Waals surface area contributed by atoms with E-state index >= 15 is 0 Å². The predicted molar refractivity (Wildman–Crippen MR) is 41.0 cm³/mol. The van der Waals surface area contributed by atoms with Crippen LogP contribution in [0.4, 0.5) is 0 Å². The molecule has 0 aromatic heterocycles. The molecule has 0 bridgehead atoms. The van der Waals surface area contributed by atoms with E-state index in [0.717, 1.165) is 12.8 Å². The lowest BCUT2D eigenvalue weighted by molar-refractivity contribution is -0.294. The second-order valence-corrected chi connectivity index (χ2v) is 2.83. The Kier molecular flexibility index (Phi) is 3.30. The van der Waals surface area contributed by atoms with E-state index in [4.69, 9.17) is 9.47 Å². The van der Waals surface area contributed by atoms with Crippen LogP contribution in [0.2, 0.25) is 0 Å². The minimum absolute atomic E-state index is 0.170. The molecule has 0 amide bonds. The van der Waals surface area contributed by atoms with Crippen LogP contribution in [0.25, 0.3) is 0 Å². The number of rotatable bonds is 2. The highest BCUT2D eigenvalue weighted by molar-refractivity contribution is 4.64. The van der Waals surface area contributed by atoms with Gasteiger partial charge in [-0.25, -0.2) is 0 Å². The van der Waals surface area contributed by atoms with Crippen LogP contribution in [-0.4, -0.2) is 23.8 Å². The molecule has 1 aliphatic rings. The largest absolute Gasteiger partial charge is 0.368 e. The Morgan fingerprint density at radius 1 is 1.27 bits per heavy atom. The van der Waals surface area contributed by atoms with Crippen molar-refractivity contribution in [3.8, 4) is 0 Å². The Morgan fingerprint density at radius 3 is 2.55 bits per heavy atom. The Hall–Kier alpha value is -0.120. The number of aliphatic hydroxyl groups excluding tert-OH is 1. The summed E-state index contributed by atoms with van der Waals surface area (Å²) >= 11 is 0. The molecule has 1 rings (SSSR count). The molecule has 3 heteroatoms. The molecule has 1 heterocycles. The van der Waals surface area contributed by atoms with E-state index in [1.165, 1.54) is 0 Å². The number of aliphatic hydroxyl groups is 1. The van der Waals surface area contributed by atoms with Crippen molar-refractivity contribution >= 4 is 0 Å². The van der Waals surface area contributed by atoms with Crippen LogP contribution in [0.15, 0.2) is 0 Å². The fraction of sp³-hybridized carbons (Fsp3) is 1.00. The fourth-order valence-electron chi connectivity index (χ4n) is 1.21. The summed E-state index contributed by atoms with van der Waals surface area (Å²) in [4.78, 5) is 0. The average molecular weight is 160 g/mol. The highest BCUT2D eigenvalue weighted by Crippen LogP contribution is 2.20. The van der Waals surface area contributed by atoms with Crippen molar-refractivity contribution in [2.75, 3.05) is 0 Å². The summed E-state index contributed by atoms with van der Waals surface area (Å²) in [6.07, 6.45) is 1.68. The normalized spacial score (nSPS) is 39.0. The van der Waals surface area contributed by atoms with Gasteiger partial charge in [0.05, 0.1) is 6.10 Å². The monoisotopic (exact) mass is 160 g/mol. The Bertz CT molecular complexity index is 104. The van der Waals surface area contributed by atoms with E-state index in [0.29, 0.717) is 6.42 Å². The second-order valence-electron chi connectivity index (χ2n) is 2.83. The van der Waals surface area contributed by atoms with Crippen molar-refractivity contribution in [2.24, 2.45) is 0 Å². The van der Waals surface area contributed by atoms with Gasteiger partial charge in [0.2, 0.25) is 0 Å². The number of hydrogen-bond acceptors (Lipinski definition) is 3. The van der Waals surface area contributed by atoms with Gasteiger partial charge < -0.3 is 14.6 Å². The summed E-state index contributed by atoms with van der Waals surface area (Å²) in [5, 5.41) is 9.21. The van der Waals surface area contributed by atoms with Gasteiger partial charge in [-0.2, -0.15) is 0 Å². The Balaban J connectivity index is 2.37. The van der Waals surface area contributed by atoms with Crippen molar-refractivity contribution in [1.82, 2.24) is 0 Å². The molecule has 0 radical (unpaired) electrons. The maximum atomic E-state index is 9.21. The van der Waals surface area contributed by atoms with Crippen molar-refractivity contribution in [1.29, 1.82) is 0 Å². The lowest BCUT2D eigenvalue weighted by atomic mass is 10.2. The highest BCUT2D eigenvalue weighted by atomic mass is 16.7. The molecular formula is C8H16O3. The first kappa shape index (κ1) is 8.97. The molecule has 1 aliphatic heterocycles. The first-order valence-corrected chi connectivity index (χ1v) is 4.25. The Morgan fingerprint density at radius 2 is 2.00 bits per heavy atom. The molecule has 3 nitrogen and oxygen atoms in total. The minimum Gasteiger partial charge on any atom is -0.368 e. The van der Waals surface area contributed by atoms with Gasteiger partial charge >= 0.3 is 0 Å². The van der Waals surface area contributed by atoms with Gasteiger partial charge in [0.1, 0.15) is 0 Å². The van der Waals surface area contributed by atoms with E-state index in [-0.39, 0.29) is 12.4 Å². The first-order valence-electron chi connectivity index (χ1n) is 4.25. The van der Waals surface area contributed by atoms with Gasteiger partial charge in [-0.3, -0.25) is 0 Å². The smallest absolute Gasteiger partial charge is 0.160 e. The summed E-state index contributed by atoms with van der Waals surface area (Å²) in [5.41, 5.74) is 0. The number of ether oxygens (including phenoxy) is 2. The van der Waals surface area contributed by atoms with Gasteiger partial charge in [0, 0.05) is 6.42 Å². The standard InChI is InChI=1S/C8H16O3/c1-3-6-5-7(9)11-8(4-2)10-6/h6-9H,3-5H2,1-2H3. The number of hydrogen-bond donors (Lipinski definition) is 1. The predicted octanol–water partition coefficient (Wildman–Crippen LogP) is 1.26. The minimum atomic E-state index is -0.626. The maximum absolute atomic E-state index is 9.21. The van der Waals surface area contributed by atoms with Crippen LogP contribution in [0.5, 0.6) is 0 Å². The molecular weight excluding hydrogens is 144 g/mol. The first-order chi connectivity index (χ1) is 5.26. The van der Waals surface area contributed by atoms with Gasteiger partial charge in [-0.1, -0.05) is 13.8 Å². The third-order valence-electron chi connectivity index (χ3n) is 1.91. The Labute approximate surface area is 67.3 Å². The van der Waals surface area contributed by atoms with Gasteiger partial charge in [0.25, 0.3) is 0 Å². The van der Waals surface area contributed by atoms with E-state index in [1.54, 1.807) is 0 Å². The van der Waals surface area contributed by atoms with Crippen LogP contribution in [0, 0.1) is 0 Å². The molecule has 1 saturated heterocycles. The highest BCUT2D eigenvalue weighted by Gasteiger charge is 2.26. The molecule has 0 aromatic carbocycles. The van der Waals surface area contributed by atoms with Crippen molar-refractivity contribution in [2.45, 2.75) is 51.8 Å². The second kappa shape index (κ2) is 4.04. The van der Waals surface area contributed by atoms with E-state index in [2.05, 4.69) is 6.92 Å². The lowest BCUT2D eigenvalue weighted by Gasteiger charge is -2.32. The topological polar surface area (TPSA) is 38.7 Å². The summed E-state index contributed by atoms with van der Waals surface area (Å²) in [6.45, 7) is 4.03. The molecule has 3 atom stereocenters. The average Bonchev–Trinajstić information content (AvgIpc) is 2.03. The van der Waals surface area contributed by atoms with Crippen molar-refractivity contribution in [3.05, 3.63) is 0 Å². The van der Waals surface area contributed by atoms with E-state index in [9.17, 15) is 5.11 Å². The molecule has 0 saturated carbocycles. The van der Waals surface area contributed by atoms with Crippen LogP contribution in [0.1, 0.15) is 33.1 Å². The lowest BCUT2D eigenvalue weighted by Crippen LogP contribution is -2.37. The summed E-state index contributed by atoms with van der Waals surface area (Å²) in [5.74, 6) is 0. The third kappa shape index (κ3) is 2.43.